The maximum Gasteiger partial charge on any atom is 0.0692 e. The minimum atomic E-state index is 0.0810. The minimum Gasteiger partial charge on any atom is -0.392 e. The molecule has 1 nitrogen and oxygen atoms in total. The van der Waals surface area contributed by atoms with E-state index in [1.165, 1.54) is 10.1 Å². The molecule has 0 spiro atoms. The van der Waals surface area contributed by atoms with Crippen LogP contribution in [-0.2, 0) is 6.61 Å². The number of halogens is 1. The number of benzene rings is 1. The first-order chi connectivity index (χ1) is 6.24. The van der Waals surface area contributed by atoms with Crippen LogP contribution in [-0.4, -0.2) is 5.11 Å². The van der Waals surface area contributed by atoms with E-state index < -0.39 is 0 Å². The number of aliphatic hydroxyl groups excluding tert-OH is 1. The van der Waals surface area contributed by atoms with Crippen LogP contribution in [0.4, 0.5) is 0 Å². The van der Waals surface area contributed by atoms with E-state index in [0.717, 1.165) is 14.0 Å². The van der Waals surface area contributed by atoms with Gasteiger partial charge >= 0.3 is 0 Å². The molecule has 0 bridgehead atoms. The van der Waals surface area contributed by atoms with Crippen molar-refractivity contribution in [2.45, 2.75) is 11.5 Å². The highest BCUT2D eigenvalue weighted by Crippen LogP contribution is 2.33. The molecule has 1 heterocycles. The third-order valence-electron chi connectivity index (χ3n) is 1.90. The third kappa shape index (κ3) is 1.60. The van der Waals surface area contributed by atoms with Crippen LogP contribution in [0.5, 0.6) is 0 Å². The zero-order valence-electron chi connectivity index (χ0n) is 6.62. The molecule has 0 saturated heterocycles. The van der Waals surface area contributed by atoms with Gasteiger partial charge in [0.2, 0.25) is 0 Å². The molecule has 2 aromatic rings. The first kappa shape index (κ1) is 9.76. The van der Waals surface area contributed by atoms with E-state index in [1.807, 2.05) is 11.4 Å². The lowest BCUT2D eigenvalue weighted by molar-refractivity contribution is 0.281. The van der Waals surface area contributed by atoms with Crippen LogP contribution in [0.15, 0.2) is 22.4 Å². The SMILES string of the molecule is OCc1cc(S)c2sccc2c1I. The molecule has 1 aromatic heterocycles. The van der Waals surface area contributed by atoms with Gasteiger partial charge in [-0.25, -0.2) is 0 Å². The van der Waals surface area contributed by atoms with Crippen molar-refractivity contribution in [3.05, 3.63) is 26.6 Å². The predicted octanol–water partition coefficient (Wildman–Crippen LogP) is 3.29. The van der Waals surface area contributed by atoms with Crippen molar-refractivity contribution in [3.8, 4) is 0 Å². The molecule has 0 aliphatic carbocycles. The molecule has 0 radical (unpaired) electrons. The Bertz CT molecular complexity index is 450. The highest BCUT2D eigenvalue weighted by atomic mass is 127. The zero-order valence-corrected chi connectivity index (χ0v) is 10.5. The number of thiol groups is 1. The molecule has 0 aliphatic heterocycles. The van der Waals surface area contributed by atoms with E-state index in [2.05, 4.69) is 41.3 Å². The van der Waals surface area contributed by atoms with Gasteiger partial charge in [0.25, 0.3) is 0 Å². The quantitative estimate of drug-likeness (QED) is 0.610. The first-order valence-electron chi connectivity index (χ1n) is 3.72. The molecule has 0 aliphatic rings. The number of aliphatic hydroxyl groups is 1. The topological polar surface area (TPSA) is 20.2 Å². The lowest BCUT2D eigenvalue weighted by Gasteiger charge is -2.04. The second kappa shape index (κ2) is 3.76. The molecule has 13 heavy (non-hydrogen) atoms. The predicted molar refractivity (Wildman–Crippen MR) is 67.7 cm³/mol. The lowest BCUT2D eigenvalue weighted by Crippen LogP contribution is -1.88. The molecule has 0 atom stereocenters. The standard InChI is InChI=1S/C9H7IOS2/c10-8-5(4-11)3-7(12)9-6(8)1-2-13-9/h1-3,11-12H,4H2. The highest BCUT2D eigenvalue weighted by molar-refractivity contribution is 14.1. The van der Waals surface area contributed by atoms with Gasteiger partial charge in [0.1, 0.15) is 0 Å². The van der Waals surface area contributed by atoms with Gasteiger partial charge in [-0.3, -0.25) is 0 Å². The van der Waals surface area contributed by atoms with Gasteiger partial charge in [0, 0.05) is 18.6 Å². The van der Waals surface area contributed by atoms with Crippen LogP contribution >= 0.6 is 46.6 Å². The van der Waals surface area contributed by atoms with Gasteiger partial charge in [-0.2, -0.15) is 0 Å². The fraction of sp³-hybridized carbons (Fsp3) is 0.111. The van der Waals surface area contributed by atoms with Crippen LogP contribution in [0.3, 0.4) is 0 Å². The summed E-state index contributed by atoms with van der Waals surface area (Å²) >= 11 is 8.33. The van der Waals surface area contributed by atoms with Crippen LogP contribution in [0.1, 0.15) is 5.56 Å². The van der Waals surface area contributed by atoms with Crippen molar-refractivity contribution < 1.29 is 5.11 Å². The molecule has 0 saturated carbocycles. The normalized spacial score (nSPS) is 11.0. The fourth-order valence-corrected chi connectivity index (χ4v) is 3.47. The molecule has 4 heteroatoms. The van der Waals surface area contributed by atoms with Gasteiger partial charge in [-0.1, -0.05) is 0 Å². The maximum atomic E-state index is 9.10. The van der Waals surface area contributed by atoms with E-state index in [4.69, 9.17) is 5.11 Å². The van der Waals surface area contributed by atoms with Crippen LogP contribution in [0.25, 0.3) is 10.1 Å². The second-order valence-electron chi connectivity index (χ2n) is 2.69. The molecule has 1 aromatic carbocycles. The van der Waals surface area contributed by atoms with Crippen molar-refractivity contribution in [1.29, 1.82) is 0 Å². The van der Waals surface area contributed by atoms with Gasteiger partial charge in [-0.15, -0.1) is 24.0 Å². The molecule has 0 unspecified atom stereocenters. The van der Waals surface area contributed by atoms with E-state index in [-0.39, 0.29) is 6.61 Å². The van der Waals surface area contributed by atoms with Crippen molar-refractivity contribution in [1.82, 2.24) is 0 Å². The van der Waals surface area contributed by atoms with Crippen molar-refractivity contribution in [3.63, 3.8) is 0 Å². The molecule has 2 rings (SSSR count). The van der Waals surface area contributed by atoms with Crippen molar-refractivity contribution in [2.24, 2.45) is 0 Å². The third-order valence-corrected chi connectivity index (χ3v) is 4.62. The van der Waals surface area contributed by atoms with Gasteiger partial charge < -0.3 is 5.11 Å². The molecule has 68 valence electrons. The van der Waals surface area contributed by atoms with E-state index in [0.29, 0.717) is 0 Å². The van der Waals surface area contributed by atoms with Crippen molar-refractivity contribution in [2.75, 3.05) is 0 Å². The fourth-order valence-electron chi connectivity index (χ4n) is 1.26. The number of hydrogen-bond donors (Lipinski definition) is 2. The molecular weight excluding hydrogens is 315 g/mol. The first-order valence-corrected chi connectivity index (χ1v) is 6.13. The number of hydrogen-bond acceptors (Lipinski definition) is 3. The Morgan fingerprint density at radius 3 is 3.00 bits per heavy atom. The summed E-state index contributed by atoms with van der Waals surface area (Å²) in [6.07, 6.45) is 0. The Morgan fingerprint density at radius 2 is 2.31 bits per heavy atom. The summed E-state index contributed by atoms with van der Waals surface area (Å²) in [7, 11) is 0. The number of fused-ring (bicyclic) bond motifs is 1. The Morgan fingerprint density at radius 1 is 1.54 bits per heavy atom. The monoisotopic (exact) mass is 322 g/mol. The smallest absolute Gasteiger partial charge is 0.0692 e. The Hall–Kier alpha value is 0.220. The van der Waals surface area contributed by atoms with Gasteiger partial charge in [0.15, 0.2) is 0 Å². The maximum absolute atomic E-state index is 9.10. The summed E-state index contributed by atoms with van der Waals surface area (Å²) < 4.78 is 2.33. The highest BCUT2D eigenvalue weighted by Gasteiger charge is 2.08. The largest absolute Gasteiger partial charge is 0.392 e. The van der Waals surface area contributed by atoms with Gasteiger partial charge in [-0.05, 0) is 45.7 Å². The average molecular weight is 322 g/mol. The molecule has 0 fully saturated rings. The molecule has 0 amide bonds. The van der Waals surface area contributed by atoms with Crippen LogP contribution < -0.4 is 0 Å². The Labute approximate surface area is 99.3 Å². The summed E-state index contributed by atoms with van der Waals surface area (Å²) in [5.74, 6) is 0. The number of thiophene rings is 1. The van der Waals surface area contributed by atoms with Crippen LogP contribution in [0, 0.1) is 3.57 Å². The Balaban J connectivity index is 2.85. The Kier molecular flexibility index (Phi) is 2.83. The second-order valence-corrected chi connectivity index (χ2v) is 5.17. The summed E-state index contributed by atoms with van der Waals surface area (Å²) in [4.78, 5) is 0.953. The van der Waals surface area contributed by atoms with Gasteiger partial charge in [0.05, 0.1) is 6.61 Å². The van der Waals surface area contributed by atoms with Crippen molar-refractivity contribution >= 4 is 56.6 Å². The summed E-state index contributed by atoms with van der Waals surface area (Å²) in [5.41, 5.74) is 0.955. The average Bonchev–Trinajstić information content (AvgIpc) is 2.60. The summed E-state index contributed by atoms with van der Waals surface area (Å²) in [5, 5.41) is 12.4. The minimum absolute atomic E-state index is 0.0810. The lowest BCUT2D eigenvalue weighted by atomic mass is 10.2. The summed E-state index contributed by atoms with van der Waals surface area (Å²) in [6, 6.07) is 4.00. The van der Waals surface area contributed by atoms with Crippen LogP contribution in [0.2, 0.25) is 0 Å². The summed E-state index contributed by atoms with van der Waals surface area (Å²) in [6.45, 7) is 0.0810. The molecular formula is C9H7IOS2. The van der Waals surface area contributed by atoms with E-state index in [1.54, 1.807) is 11.3 Å². The van der Waals surface area contributed by atoms with E-state index in [9.17, 15) is 0 Å². The van der Waals surface area contributed by atoms with E-state index >= 15 is 0 Å². The molecule has 1 N–H and O–H groups in total. The zero-order chi connectivity index (χ0) is 9.42. The number of rotatable bonds is 1.